The molecule has 2 atom stereocenters. The van der Waals surface area contributed by atoms with Gasteiger partial charge in [0.25, 0.3) is 0 Å². The quantitative estimate of drug-likeness (QED) is 0.645. The molecule has 0 fully saturated rings. The first-order valence-corrected chi connectivity index (χ1v) is 5.41. The zero-order valence-electron chi connectivity index (χ0n) is 9.66. The molecule has 0 heterocycles. The molecule has 0 aromatic carbocycles. The monoisotopic (exact) mass is 266 g/mol. The minimum absolute atomic E-state index is 0.112. The van der Waals surface area contributed by atoms with Crippen LogP contribution in [0.25, 0.3) is 0 Å². The lowest BCUT2D eigenvalue weighted by Crippen LogP contribution is -2.41. The third-order valence-corrected chi connectivity index (χ3v) is 2.16. The van der Waals surface area contributed by atoms with Crippen LogP contribution in [0.2, 0.25) is 0 Å². The number of rotatable bonds is 6. The molecular formula is C10H16F6O. The molecule has 0 bridgehead atoms. The van der Waals surface area contributed by atoms with Crippen molar-refractivity contribution in [2.45, 2.75) is 64.1 Å². The fraction of sp³-hybridized carbons (Fsp3) is 1.00. The molecule has 0 aromatic rings. The Hall–Kier alpha value is -0.460. The second-order valence-electron chi connectivity index (χ2n) is 3.77. The molecule has 2 unspecified atom stereocenters. The van der Waals surface area contributed by atoms with Crippen molar-refractivity contribution in [3.05, 3.63) is 0 Å². The Bertz CT molecular complexity index is 188. The third-order valence-electron chi connectivity index (χ3n) is 2.16. The van der Waals surface area contributed by atoms with E-state index in [2.05, 4.69) is 4.74 Å². The maximum atomic E-state index is 12.4. The number of hydrogen-bond acceptors (Lipinski definition) is 1. The molecule has 0 amide bonds. The van der Waals surface area contributed by atoms with Gasteiger partial charge in [0.1, 0.15) is 0 Å². The molecule has 7 heteroatoms. The maximum absolute atomic E-state index is 12.4. The van der Waals surface area contributed by atoms with Crippen LogP contribution in [0, 0.1) is 0 Å². The minimum Gasteiger partial charge on any atom is -0.356 e. The standard InChI is InChI=1S/C10H16F6O/c1-3-5-7(9(11,12)13)17-8(6-4-2)10(14,15)16/h7-8H,3-6H2,1-2H3. The lowest BCUT2D eigenvalue weighted by atomic mass is 10.1. The van der Waals surface area contributed by atoms with E-state index in [-0.39, 0.29) is 12.8 Å². The number of alkyl halides is 6. The summed E-state index contributed by atoms with van der Waals surface area (Å²) in [7, 11) is 0. The third kappa shape index (κ3) is 6.14. The molecule has 0 aromatic heterocycles. The predicted molar refractivity (Wildman–Crippen MR) is 50.6 cm³/mol. The highest BCUT2D eigenvalue weighted by Crippen LogP contribution is 2.33. The SMILES string of the molecule is CCCC(OC(CCC)C(F)(F)F)C(F)(F)F. The molecule has 0 radical (unpaired) electrons. The van der Waals surface area contributed by atoms with E-state index < -0.39 is 37.4 Å². The fourth-order valence-electron chi connectivity index (χ4n) is 1.34. The van der Waals surface area contributed by atoms with E-state index in [1.807, 2.05) is 0 Å². The fourth-order valence-corrected chi connectivity index (χ4v) is 1.34. The smallest absolute Gasteiger partial charge is 0.356 e. The van der Waals surface area contributed by atoms with E-state index in [0.717, 1.165) is 0 Å². The molecule has 17 heavy (non-hydrogen) atoms. The summed E-state index contributed by atoms with van der Waals surface area (Å²) in [4.78, 5) is 0. The van der Waals surface area contributed by atoms with E-state index >= 15 is 0 Å². The van der Waals surface area contributed by atoms with Gasteiger partial charge in [0.2, 0.25) is 0 Å². The summed E-state index contributed by atoms with van der Waals surface area (Å²) in [6, 6.07) is 0. The van der Waals surface area contributed by atoms with Gasteiger partial charge in [-0.15, -0.1) is 0 Å². The van der Waals surface area contributed by atoms with Gasteiger partial charge >= 0.3 is 12.4 Å². The van der Waals surface area contributed by atoms with E-state index in [9.17, 15) is 26.3 Å². The van der Waals surface area contributed by atoms with Gasteiger partial charge in [-0.25, -0.2) is 0 Å². The van der Waals surface area contributed by atoms with Crippen LogP contribution < -0.4 is 0 Å². The number of hydrogen-bond donors (Lipinski definition) is 0. The lowest BCUT2D eigenvalue weighted by molar-refractivity contribution is -0.288. The van der Waals surface area contributed by atoms with Crippen LogP contribution in [-0.4, -0.2) is 24.6 Å². The van der Waals surface area contributed by atoms with Crippen molar-refractivity contribution in [2.24, 2.45) is 0 Å². The molecule has 0 aliphatic rings. The van der Waals surface area contributed by atoms with Gasteiger partial charge < -0.3 is 4.74 Å². The first-order chi connectivity index (χ1) is 7.62. The highest BCUT2D eigenvalue weighted by atomic mass is 19.4. The molecule has 0 saturated carbocycles. The van der Waals surface area contributed by atoms with Crippen LogP contribution in [0.3, 0.4) is 0 Å². The summed E-state index contributed by atoms with van der Waals surface area (Å²) in [5.41, 5.74) is 0. The molecule has 0 spiro atoms. The summed E-state index contributed by atoms with van der Waals surface area (Å²) in [6.45, 7) is 2.93. The molecular weight excluding hydrogens is 250 g/mol. The summed E-state index contributed by atoms with van der Waals surface area (Å²) >= 11 is 0. The molecule has 0 rings (SSSR count). The van der Waals surface area contributed by atoms with Crippen molar-refractivity contribution < 1.29 is 31.1 Å². The van der Waals surface area contributed by atoms with Gasteiger partial charge in [0, 0.05) is 0 Å². The van der Waals surface area contributed by atoms with Gasteiger partial charge in [-0.2, -0.15) is 26.3 Å². The largest absolute Gasteiger partial charge is 0.414 e. The first kappa shape index (κ1) is 16.5. The van der Waals surface area contributed by atoms with Crippen molar-refractivity contribution in [1.82, 2.24) is 0 Å². The van der Waals surface area contributed by atoms with Crippen molar-refractivity contribution in [1.29, 1.82) is 0 Å². The molecule has 104 valence electrons. The van der Waals surface area contributed by atoms with Crippen molar-refractivity contribution in [2.75, 3.05) is 0 Å². The number of halogens is 6. The van der Waals surface area contributed by atoms with Crippen molar-refractivity contribution in [3.8, 4) is 0 Å². The second kappa shape index (κ2) is 6.47. The second-order valence-corrected chi connectivity index (χ2v) is 3.77. The molecule has 0 aliphatic heterocycles. The summed E-state index contributed by atoms with van der Waals surface area (Å²) in [6.07, 6.45) is -14.9. The van der Waals surface area contributed by atoms with Gasteiger partial charge in [0.15, 0.2) is 12.2 Å². The highest BCUT2D eigenvalue weighted by molar-refractivity contribution is 4.74. The average Bonchev–Trinajstić information content (AvgIpc) is 2.12. The minimum atomic E-state index is -4.76. The van der Waals surface area contributed by atoms with Gasteiger partial charge in [-0.3, -0.25) is 0 Å². The van der Waals surface area contributed by atoms with E-state index in [1.54, 1.807) is 0 Å². The van der Waals surface area contributed by atoms with Gasteiger partial charge in [0.05, 0.1) is 0 Å². The zero-order valence-corrected chi connectivity index (χ0v) is 9.66. The van der Waals surface area contributed by atoms with Crippen LogP contribution in [-0.2, 0) is 4.74 Å². The van der Waals surface area contributed by atoms with Gasteiger partial charge in [-0.05, 0) is 12.8 Å². The Morgan fingerprint density at radius 3 is 1.24 bits per heavy atom. The summed E-state index contributed by atoms with van der Waals surface area (Å²) in [5, 5.41) is 0. The molecule has 0 aliphatic carbocycles. The Morgan fingerprint density at radius 2 is 1.06 bits per heavy atom. The van der Waals surface area contributed by atoms with E-state index in [1.165, 1.54) is 13.8 Å². The zero-order chi connectivity index (χ0) is 13.7. The molecule has 0 N–H and O–H groups in total. The van der Waals surface area contributed by atoms with Crippen LogP contribution in [0.1, 0.15) is 39.5 Å². The van der Waals surface area contributed by atoms with E-state index in [0.29, 0.717) is 0 Å². The Kier molecular flexibility index (Phi) is 6.29. The lowest BCUT2D eigenvalue weighted by Gasteiger charge is -2.27. The van der Waals surface area contributed by atoms with Crippen LogP contribution in [0.4, 0.5) is 26.3 Å². The summed E-state index contributed by atoms with van der Waals surface area (Å²) < 4.78 is 78.6. The number of ether oxygens (including phenoxy) is 1. The maximum Gasteiger partial charge on any atom is 0.414 e. The van der Waals surface area contributed by atoms with Crippen LogP contribution in [0.5, 0.6) is 0 Å². The van der Waals surface area contributed by atoms with Crippen molar-refractivity contribution >= 4 is 0 Å². The van der Waals surface area contributed by atoms with E-state index in [4.69, 9.17) is 0 Å². The Morgan fingerprint density at radius 1 is 0.765 bits per heavy atom. The predicted octanol–water partition coefficient (Wildman–Crippen LogP) is 4.47. The van der Waals surface area contributed by atoms with Crippen molar-refractivity contribution in [3.63, 3.8) is 0 Å². The van der Waals surface area contributed by atoms with Gasteiger partial charge in [-0.1, -0.05) is 26.7 Å². The topological polar surface area (TPSA) is 9.23 Å². The Balaban J connectivity index is 4.68. The molecule has 0 saturated heterocycles. The van der Waals surface area contributed by atoms with Crippen LogP contribution in [0.15, 0.2) is 0 Å². The highest BCUT2D eigenvalue weighted by Gasteiger charge is 2.47. The normalized spacial score (nSPS) is 16.9. The molecule has 1 nitrogen and oxygen atoms in total. The van der Waals surface area contributed by atoms with Crippen LogP contribution >= 0.6 is 0 Å². The Labute approximate surface area is 96.1 Å². The average molecular weight is 266 g/mol. The summed E-state index contributed by atoms with van der Waals surface area (Å²) in [5.74, 6) is 0. The first-order valence-electron chi connectivity index (χ1n) is 5.41.